The van der Waals surface area contributed by atoms with Gasteiger partial charge in [0.15, 0.2) is 0 Å². The maximum absolute atomic E-state index is 11.6. The summed E-state index contributed by atoms with van der Waals surface area (Å²) in [7, 11) is 0. The van der Waals surface area contributed by atoms with Crippen molar-refractivity contribution in [3.63, 3.8) is 0 Å². The first kappa shape index (κ1) is 15.4. The lowest BCUT2D eigenvalue weighted by molar-refractivity contribution is -0.141. The Bertz CT molecular complexity index is 496. The third-order valence-corrected chi connectivity index (χ3v) is 3.40. The molecule has 2 N–H and O–H groups in total. The first-order valence-corrected chi connectivity index (χ1v) is 6.73. The molecule has 4 nitrogen and oxygen atoms in total. The van der Waals surface area contributed by atoms with Gasteiger partial charge in [-0.3, -0.25) is 4.79 Å². The van der Waals surface area contributed by atoms with E-state index in [0.29, 0.717) is 5.02 Å². The number of benzene rings is 1. The lowest BCUT2D eigenvalue weighted by atomic mass is 10.2. The van der Waals surface area contributed by atoms with Crippen molar-refractivity contribution in [3.05, 3.63) is 29.3 Å². The van der Waals surface area contributed by atoms with Gasteiger partial charge in [-0.2, -0.15) is 0 Å². The molecule has 0 radical (unpaired) electrons. The fourth-order valence-electron chi connectivity index (χ4n) is 1.23. The van der Waals surface area contributed by atoms with Crippen LogP contribution in [0.5, 0.6) is 0 Å². The van der Waals surface area contributed by atoms with Crippen LogP contribution in [0.3, 0.4) is 0 Å². The minimum absolute atomic E-state index is 0.0350. The van der Waals surface area contributed by atoms with Crippen LogP contribution >= 0.6 is 23.4 Å². The highest BCUT2D eigenvalue weighted by molar-refractivity contribution is 8.00. The molecule has 1 unspecified atom stereocenters. The third-order valence-electron chi connectivity index (χ3n) is 2.14. The standard InChI is InChI=1S/C13H12ClNO3S/c1-2-3-11(13(17)18)15-12(16)8-19-10-6-4-9(14)5-7-10/h1,4-7,11H,3,8H2,(H,15,16)(H,17,18). The topological polar surface area (TPSA) is 66.4 Å². The number of carboxylic acid groups (broad SMARTS) is 1. The van der Waals surface area contributed by atoms with Crippen LogP contribution in [0, 0.1) is 12.3 Å². The number of amides is 1. The van der Waals surface area contributed by atoms with Crippen LogP contribution in [0.2, 0.25) is 5.02 Å². The number of thioether (sulfide) groups is 1. The van der Waals surface area contributed by atoms with Crippen LogP contribution in [0.1, 0.15) is 6.42 Å². The summed E-state index contributed by atoms with van der Waals surface area (Å²) in [6.07, 6.45) is 5.00. The molecule has 1 aromatic carbocycles. The number of rotatable bonds is 6. The number of carbonyl (C=O) groups is 2. The van der Waals surface area contributed by atoms with Gasteiger partial charge in [-0.05, 0) is 24.3 Å². The number of terminal acetylenes is 1. The molecule has 0 saturated heterocycles. The van der Waals surface area contributed by atoms with Crippen LogP contribution in [0.4, 0.5) is 0 Å². The van der Waals surface area contributed by atoms with E-state index in [0.717, 1.165) is 4.90 Å². The first-order valence-electron chi connectivity index (χ1n) is 5.37. The van der Waals surface area contributed by atoms with E-state index in [4.69, 9.17) is 23.1 Å². The summed E-state index contributed by atoms with van der Waals surface area (Å²) in [5, 5.41) is 11.8. The first-order chi connectivity index (χ1) is 9.02. The van der Waals surface area contributed by atoms with Gasteiger partial charge in [0.1, 0.15) is 6.04 Å². The van der Waals surface area contributed by atoms with Crippen LogP contribution in [-0.2, 0) is 9.59 Å². The molecule has 19 heavy (non-hydrogen) atoms. The number of carbonyl (C=O) groups excluding carboxylic acids is 1. The van der Waals surface area contributed by atoms with Crippen molar-refractivity contribution >= 4 is 35.2 Å². The molecule has 1 aromatic rings. The predicted octanol–water partition coefficient (Wildman–Crippen LogP) is 2.02. The van der Waals surface area contributed by atoms with Crippen molar-refractivity contribution < 1.29 is 14.7 Å². The smallest absolute Gasteiger partial charge is 0.327 e. The van der Waals surface area contributed by atoms with E-state index in [1.807, 2.05) is 0 Å². The largest absolute Gasteiger partial charge is 0.480 e. The van der Waals surface area contributed by atoms with E-state index in [-0.39, 0.29) is 18.1 Å². The monoisotopic (exact) mass is 297 g/mol. The van der Waals surface area contributed by atoms with Gasteiger partial charge in [-0.15, -0.1) is 24.1 Å². The van der Waals surface area contributed by atoms with E-state index in [1.165, 1.54) is 11.8 Å². The zero-order valence-electron chi connectivity index (χ0n) is 9.93. The Labute approximate surface area is 120 Å². The van der Waals surface area contributed by atoms with Gasteiger partial charge < -0.3 is 10.4 Å². The second-order valence-corrected chi connectivity index (χ2v) is 5.09. The quantitative estimate of drug-likeness (QED) is 0.623. The van der Waals surface area contributed by atoms with Gasteiger partial charge in [-0.25, -0.2) is 4.79 Å². The van der Waals surface area contributed by atoms with Crippen LogP contribution < -0.4 is 5.32 Å². The summed E-state index contributed by atoms with van der Waals surface area (Å²) in [4.78, 5) is 23.3. The molecule has 0 spiro atoms. The van der Waals surface area contributed by atoms with Gasteiger partial charge >= 0.3 is 5.97 Å². The zero-order valence-corrected chi connectivity index (χ0v) is 11.5. The number of hydrogen-bond acceptors (Lipinski definition) is 3. The van der Waals surface area contributed by atoms with Crippen molar-refractivity contribution in [2.24, 2.45) is 0 Å². The molecule has 0 aliphatic heterocycles. The van der Waals surface area contributed by atoms with Gasteiger partial charge in [-0.1, -0.05) is 11.6 Å². The molecule has 0 bridgehead atoms. The summed E-state index contributed by atoms with van der Waals surface area (Å²) >= 11 is 7.03. The highest BCUT2D eigenvalue weighted by Gasteiger charge is 2.18. The minimum atomic E-state index is -1.14. The zero-order chi connectivity index (χ0) is 14.3. The summed E-state index contributed by atoms with van der Waals surface area (Å²) in [6.45, 7) is 0. The van der Waals surface area contributed by atoms with Crippen LogP contribution in [0.25, 0.3) is 0 Å². The molecule has 0 heterocycles. The lowest BCUT2D eigenvalue weighted by Gasteiger charge is -2.11. The van der Waals surface area contributed by atoms with Crippen molar-refractivity contribution in [1.29, 1.82) is 0 Å². The highest BCUT2D eigenvalue weighted by Crippen LogP contribution is 2.19. The molecular weight excluding hydrogens is 286 g/mol. The number of hydrogen-bond donors (Lipinski definition) is 2. The molecule has 1 amide bonds. The van der Waals surface area contributed by atoms with E-state index in [9.17, 15) is 9.59 Å². The molecule has 6 heteroatoms. The average molecular weight is 298 g/mol. The molecule has 0 aliphatic rings. The number of nitrogens with one attached hydrogen (secondary N) is 1. The van der Waals surface area contributed by atoms with Crippen LogP contribution in [0.15, 0.2) is 29.2 Å². The summed E-state index contributed by atoms with van der Waals surface area (Å²) in [5.74, 6) is 0.830. The maximum atomic E-state index is 11.6. The Morgan fingerprint density at radius 3 is 2.58 bits per heavy atom. The summed E-state index contributed by atoms with van der Waals surface area (Å²) in [5.41, 5.74) is 0. The second kappa shape index (κ2) is 7.72. The van der Waals surface area contributed by atoms with Crippen LogP contribution in [-0.4, -0.2) is 28.8 Å². The number of halogens is 1. The van der Waals surface area contributed by atoms with Crippen molar-refractivity contribution in [1.82, 2.24) is 5.32 Å². The van der Waals surface area contributed by atoms with E-state index >= 15 is 0 Å². The minimum Gasteiger partial charge on any atom is -0.480 e. The molecule has 0 fully saturated rings. The average Bonchev–Trinajstić information content (AvgIpc) is 2.37. The Morgan fingerprint density at radius 2 is 2.05 bits per heavy atom. The maximum Gasteiger partial charge on any atom is 0.327 e. The molecule has 1 atom stereocenters. The Hall–Kier alpha value is -1.64. The number of aliphatic carboxylic acids is 1. The Balaban J connectivity index is 2.45. The summed E-state index contributed by atoms with van der Waals surface area (Å²) in [6, 6.07) is 5.98. The fraction of sp³-hybridized carbons (Fsp3) is 0.231. The van der Waals surface area contributed by atoms with Gasteiger partial charge in [0.05, 0.1) is 5.75 Å². The molecular formula is C13H12ClNO3S. The molecule has 0 aromatic heterocycles. The SMILES string of the molecule is C#CCC(NC(=O)CSc1ccc(Cl)cc1)C(=O)O. The van der Waals surface area contributed by atoms with Gasteiger partial charge in [0.25, 0.3) is 0 Å². The normalized spacial score (nSPS) is 11.4. The van der Waals surface area contributed by atoms with Crippen molar-refractivity contribution in [3.8, 4) is 12.3 Å². The Kier molecular flexibility index (Phi) is 6.26. The Morgan fingerprint density at radius 1 is 1.42 bits per heavy atom. The predicted molar refractivity (Wildman–Crippen MR) is 75.2 cm³/mol. The lowest BCUT2D eigenvalue weighted by Crippen LogP contribution is -2.41. The van der Waals surface area contributed by atoms with Gasteiger partial charge in [0.2, 0.25) is 5.91 Å². The van der Waals surface area contributed by atoms with E-state index in [2.05, 4.69) is 11.2 Å². The molecule has 1 rings (SSSR count). The third kappa shape index (κ3) is 5.69. The molecule has 0 aliphatic carbocycles. The summed E-state index contributed by atoms with van der Waals surface area (Å²) < 4.78 is 0. The highest BCUT2D eigenvalue weighted by atomic mass is 35.5. The van der Waals surface area contributed by atoms with E-state index < -0.39 is 12.0 Å². The van der Waals surface area contributed by atoms with E-state index in [1.54, 1.807) is 24.3 Å². The van der Waals surface area contributed by atoms with Crippen molar-refractivity contribution in [2.45, 2.75) is 17.4 Å². The second-order valence-electron chi connectivity index (χ2n) is 3.61. The van der Waals surface area contributed by atoms with Crippen molar-refractivity contribution in [2.75, 3.05) is 5.75 Å². The molecule has 0 saturated carbocycles. The fourth-order valence-corrected chi connectivity index (χ4v) is 2.07. The molecule has 100 valence electrons. The van der Waals surface area contributed by atoms with Gasteiger partial charge in [0, 0.05) is 16.3 Å². The number of carboxylic acids is 1.